The van der Waals surface area contributed by atoms with E-state index in [4.69, 9.17) is 4.74 Å². The van der Waals surface area contributed by atoms with Crippen molar-refractivity contribution in [1.29, 1.82) is 0 Å². The highest BCUT2D eigenvalue weighted by Gasteiger charge is 2.24. The zero-order valence-corrected chi connectivity index (χ0v) is 17.7. The fraction of sp³-hybridized carbons (Fsp3) is 0.364. The third-order valence-electron chi connectivity index (χ3n) is 5.45. The highest BCUT2D eigenvalue weighted by Crippen LogP contribution is 2.22. The number of benzene rings is 2. The van der Waals surface area contributed by atoms with Gasteiger partial charge in [0.1, 0.15) is 10.8 Å². The number of likely N-dealkylation sites (N-methyl/N-ethyl adjacent to an activating group) is 1. The van der Waals surface area contributed by atoms with E-state index in [0.29, 0.717) is 13.1 Å². The highest BCUT2D eigenvalue weighted by atomic mass is 32.1. The van der Waals surface area contributed by atoms with Crippen molar-refractivity contribution in [2.75, 3.05) is 51.8 Å². The Morgan fingerprint density at radius 2 is 1.90 bits per heavy atom. The molecule has 1 saturated heterocycles. The smallest absolute Gasteiger partial charge is 0.277 e. The summed E-state index contributed by atoms with van der Waals surface area (Å²) in [5.41, 5.74) is 2.22. The van der Waals surface area contributed by atoms with E-state index in [1.807, 2.05) is 37.4 Å². The summed E-state index contributed by atoms with van der Waals surface area (Å²) in [6, 6.07) is 16.3. The number of quaternary nitrogens is 1. The number of thiazole rings is 1. The van der Waals surface area contributed by atoms with Gasteiger partial charge in [-0.05, 0) is 36.4 Å². The van der Waals surface area contributed by atoms with Gasteiger partial charge in [-0.3, -0.25) is 4.79 Å². The molecule has 1 aromatic heterocycles. The monoisotopic (exact) mass is 411 g/mol. The summed E-state index contributed by atoms with van der Waals surface area (Å²) in [5, 5.41) is 0.987. The van der Waals surface area contributed by atoms with E-state index in [1.54, 1.807) is 23.3 Å². The Balaban J connectivity index is 1.27. The van der Waals surface area contributed by atoms with Crippen LogP contribution in [0.25, 0.3) is 10.2 Å². The fourth-order valence-electron chi connectivity index (χ4n) is 3.68. The van der Waals surface area contributed by atoms with Crippen molar-refractivity contribution in [3.63, 3.8) is 0 Å². The summed E-state index contributed by atoms with van der Waals surface area (Å²) in [7, 11) is 3.56. The molecule has 1 aliphatic heterocycles. The van der Waals surface area contributed by atoms with Crippen LogP contribution in [-0.2, 0) is 11.3 Å². The van der Waals surface area contributed by atoms with Crippen LogP contribution in [0.4, 0.5) is 5.69 Å². The van der Waals surface area contributed by atoms with Gasteiger partial charge in [-0.15, -0.1) is 11.3 Å². The Morgan fingerprint density at radius 3 is 2.59 bits per heavy atom. The molecule has 0 saturated carbocycles. The quantitative estimate of drug-likeness (QED) is 0.671. The number of methoxy groups -OCH3 is 1. The van der Waals surface area contributed by atoms with E-state index in [2.05, 4.69) is 28.1 Å². The van der Waals surface area contributed by atoms with Crippen molar-refractivity contribution in [1.82, 2.24) is 9.88 Å². The first-order chi connectivity index (χ1) is 14.1. The van der Waals surface area contributed by atoms with Gasteiger partial charge in [-0.1, -0.05) is 12.1 Å². The van der Waals surface area contributed by atoms with Crippen LogP contribution >= 0.6 is 11.3 Å². The molecule has 152 valence electrons. The number of anilines is 1. The molecular weight excluding hydrogens is 384 g/mol. The summed E-state index contributed by atoms with van der Waals surface area (Å²) in [5.74, 6) is 1.05. The number of nitrogens with one attached hydrogen (secondary N) is 1. The van der Waals surface area contributed by atoms with Crippen LogP contribution in [0.3, 0.4) is 0 Å². The van der Waals surface area contributed by atoms with E-state index in [0.717, 1.165) is 42.5 Å². The molecule has 2 heterocycles. The Labute approximate surface area is 175 Å². The normalized spacial score (nSPS) is 14.9. The average Bonchev–Trinajstić information content (AvgIpc) is 3.16. The summed E-state index contributed by atoms with van der Waals surface area (Å²) in [6.45, 7) is 4.95. The lowest BCUT2D eigenvalue weighted by Gasteiger charge is -2.34. The van der Waals surface area contributed by atoms with Crippen LogP contribution in [0.1, 0.15) is 5.01 Å². The van der Waals surface area contributed by atoms with Gasteiger partial charge in [0.25, 0.3) is 5.91 Å². The maximum absolute atomic E-state index is 12.7. The highest BCUT2D eigenvalue weighted by molar-refractivity contribution is 7.18. The minimum absolute atomic E-state index is 0.178. The molecule has 0 unspecified atom stereocenters. The van der Waals surface area contributed by atoms with E-state index < -0.39 is 0 Å². The van der Waals surface area contributed by atoms with E-state index in [-0.39, 0.29) is 5.91 Å². The van der Waals surface area contributed by atoms with E-state index in [1.165, 1.54) is 15.3 Å². The van der Waals surface area contributed by atoms with Crippen LogP contribution in [0.15, 0.2) is 48.5 Å². The van der Waals surface area contributed by atoms with Gasteiger partial charge in [-0.25, -0.2) is 4.98 Å². The molecule has 0 spiro atoms. The minimum Gasteiger partial charge on any atom is -0.497 e. The lowest BCUT2D eigenvalue weighted by atomic mass is 10.2. The second-order valence-electron chi connectivity index (χ2n) is 7.44. The standard InChI is InChI=1S/C22H26N4O2S/c1-24(15-21-23-19-5-3-4-6-20(19)29-21)22(27)16-25-11-13-26(14-12-25)17-7-9-18(28-2)10-8-17/h3-10H,11-16H2,1-2H3/p+1. The number of amides is 1. The van der Waals surface area contributed by atoms with E-state index in [9.17, 15) is 4.79 Å². The Kier molecular flexibility index (Phi) is 5.97. The number of piperazine rings is 1. The van der Waals surface area contributed by atoms with Crippen LogP contribution in [0.2, 0.25) is 0 Å². The number of ether oxygens (including phenoxy) is 1. The van der Waals surface area contributed by atoms with Crippen LogP contribution in [-0.4, -0.2) is 62.7 Å². The zero-order chi connectivity index (χ0) is 20.2. The van der Waals surface area contributed by atoms with E-state index >= 15 is 0 Å². The number of rotatable bonds is 6. The first-order valence-electron chi connectivity index (χ1n) is 9.93. The van der Waals surface area contributed by atoms with Gasteiger partial charge in [-0.2, -0.15) is 0 Å². The summed E-state index contributed by atoms with van der Waals surface area (Å²) < 4.78 is 6.40. The number of aromatic nitrogens is 1. The summed E-state index contributed by atoms with van der Waals surface area (Å²) >= 11 is 1.66. The predicted molar refractivity (Wildman–Crippen MR) is 117 cm³/mol. The third kappa shape index (κ3) is 4.68. The lowest BCUT2D eigenvalue weighted by Crippen LogP contribution is -3.15. The molecule has 3 aromatic rings. The molecule has 1 N–H and O–H groups in total. The van der Waals surface area contributed by atoms with Gasteiger partial charge < -0.3 is 19.4 Å². The summed E-state index contributed by atoms with van der Waals surface area (Å²) in [6.07, 6.45) is 0. The van der Waals surface area contributed by atoms with Crippen molar-refractivity contribution in [3.8, 4) is 5.75 Å². The minimum atomic E-state index is 0.178. The van der Waals surface area contributed by atoms with Gasteiger partial charge in [0, 0.05) is 12.7 Å². The number of fused-ring (bicyclic) bond motifs is 1. The topological polar surface area (TPSA) is 50.1 Å². The van der Waals surface area contributed by atoms with Gasteiger partial charge >= 0.3 is 0 Å². The van der Waals surface area contributed by atoms with Crippen LogP contribution < -0.4 is 14.5 Å². The molecule has 0 aliphatic carbocycles. The second kappa shape index (κ2) is 8.80. The van der Waals surface area contributed by atoms with Gasteiger partial charge in [0.15, 0.2) is 6.54 Å². The van der Waals surface area contributed by atoms with Gasteiger partial charge in [0.05, 0.1) is 50.1 Å². The third-order valence-corrected chi connectivity index (χ3v) is 6.47. The molecule has 6 nitrogen and oxygen atoms in total. The number of hydrogen-bond donors (Lipinski definition) is 1. The van der Waals surface area contributed by atoms with Crippen molar-refractivity contribution >= 4 is 33.1 Å². The number of carbonyl (C=O) groups excluding carboxylic acids is 1. The van der Waals surface area contributed by atoms with Crippen LogP contribution in [0.5, 0.6) is 5.75 Å². The number of hydrogen-bond acceptors (Lipinski definition) is 5. The largest absolute Gasteiger partial charge is 0.497 e. The lowest BCUT2D eigenvalue weighted by molar-refractivity contribution is -0.892. The molecule has 29 heavy (non-hydrogen) atoms. The van der Waals surface area contributed by atoms with Crippen molar-refractivity contribution in [2.24, 2.45) is 0 Å². The van der Waals surface area contributed by atoms with Crippen molar-refractivity contribution in [3.05, 3.63) is 53.5 Å². The molecule has 4 rings (SSSR count). The molecule has 2 aromatic carbocycles. The fourth-order valence-corrected chi connectivity index (χ4v) is 4.70. The molecule has 1 fully saturated rings. The molecule has 0 radical (unpaired) electrons. The SMILES string of the molecule is COc1ccc(N2CC[NH+](CC(=O)N(C)Cc3nc4ccccc4s3)CC2)cc1. The number of carbonyl (C=O) groups is 1. The first kappa shape index (κ1) is 19.7. The maximum atomic E-state index is 12.7. The molecular formula is C22H27N4O2S+. The summed E-state index contributed by atoms with van der Waals surface area (Å²) in [4.78, 5) is 22.9. The molecule has 0 atom stereocenters. The zero-order valence-electron chi connectivity index (χ0n) is 16.9. The van der Waals surface area contributed by atoms with Gasteiger partial charge in [0.2, 0.25) is 0 Å². The molecule has 7 heteroatoms. The van der Waals surface area contributed by atoms with Crippen LogP contribution in [0, 0.1) is 0 Å². The molecule has 1 aliphatic rings. The second-order valence-corrected chi connectivity index (χ2v) is 8.55. The molecule has 1 amide bonds. The van der Waals surface area contributed by atoms with Crippen molar-refractivity contribution < 1.29 is 14.4 Å². The Morgan fingerprint density at radius 1 is 1.17 bits per heavy atom. The average molecular weight is 412 g/mol. The first-order valence-corrected chi connectivity index (χ1v) is 10.7. The number of nitrogens with zero attached hydrogens (tertiary/aromatic N) is 3. The predicted octanol–water partition coefficient (Wildman–Crippen LogP) is 1.67. The number of para-hydroxylation sites is 1. The maximum Gasteiger partial charge on any atom is 0.277 e. The Bertz CT molecular complexity index is 931. The van der Waals surface area contributed by atoms with Crippen molar-refractivity contribution in [2.45, 2.75) is 6.54 Å². The molecule has 0 bridgehead atoms. The Hall–Kier alpha value is -2.64.